The van der Waals surface area contributed by atoms with Crippen LogP contribution in [-0.4, -0.2) is 71.1 Å². The van der Waals surface area contributed by atoms with Crippen molar-refractivity contribution in [2.24, 2.45) is 7.05 Å². The number of benzene rings is 1. The summed E-state index contributed by atoms with van der Waals surface area (Å²) in [5.41, 5.74) is 1.93. The van der Waals surface area contributed by atoms with Crippen LogP contribution in [0, 0.1) is 5.82 Å². The van der Waals surface area contributed by atoms with Gasteiger partial charge in [0.1, 0.15) is 11.5 Å². The van der Waals surface area contributed by atoms with E-state index in [9.17, 15) is 9.18 Å². The number of anilines is 2. The average molecular weight is 409 g/mol. The van der Waals surface area contributed by atoms with Gasteiger partial charge in [0.15, 0.2) is 11.6 Å². The first kappa shape index (κ1) is 19.8. The topological polar surface area (TPSA) is 70.4 Å². The van der Waals surface area contributed by atoms with Gasteiger partial charge in [-0.15, -0.1) is 10.2 Å². The van der Waals surface area contributed by atoms with E-state index in [1.54, 1.807) is 29.9 Å². The van der Waals surface area contributed by atoms with Gasteiger partial charge in [-0.1, -0.05) is 0 Å². The molecule has 0 bridgehead atoms. The summed E-state index contributed by atoms with van der Waals surface area (Å²) >= 11 is 0. The first-order valence-electron chi connectivity index (χ1n) is 9.77. The molecule has 30 heavy (non-hydrogen) atoms. The van der Waals surface area contributed by atoms with E-state index in [2.05, 4.69) is 20.2 Å². The zero-order valence-electron chi connectivity index (χ0n) is 17.3. The van der Waals surface area contributed by atoms with Crippen molar-refractivity contribution >= 4 is 17.5 Å². The number of nitrogens with zero attached hydrogens (tertiary/aromatic N) is 7. The highest BCUT2D eigenvalue weighted by Crippen LogP contribution is 2.21. The van der Waals surface area contributed by atoms with Gasteiger partial charge in [-0.2, -0.15) is 5.10 Å². The molecule has 0 spiro atoms. The van der Waals surface area contributed by atoms with Crippen LogP contribution in [0.5, 0.6) is 0 Å². The molecule has 1 aliphatic heterocycles. The van der Waals surface area contributed by atoms with Crippen molar-refractivity contribution in [3.63, 3.8) is 0 Å². The Balaban J connectivity index is 1.42. The molecule has 1 saturated heterocycles. The van der Waals surface area contributed by atoms with Crippen LogP contribution in [0.3, 0.4) is 0 Å². The molecule has 2 aromatic heterocycles. The lowest BCUT2D eigenvalue weighted by molar-refractivity contribution is 0.0735. The fraction of sp³-hybridized carbons (Fsp3) is 0.333. The second kappa shape index (κ2) is 8.10. The van der Waals surface area contributed by atoms with E-state index in [1.807, 2.05) is 36.0 Å². The fourth-order valence-corrected chi connectivity index (χ4v) is 3.46. The molecule has 1 fully saturated rings. The zero-order chi connectivity index (χ0) is 21.3. The molecule has 0 atom stereocenters. The quantitative estimate of drug-likeness (QED) is 0.657. The van der Waals surface area contributed by atoms with E-state index in [0.29, 0.717) is 37.6 Å². The molecular formula is C21H24FN7O. The summed E-state index contributed by atoms with van der Waals surface area (Å²) in [6.45, 7) is 2.55. The lowest BCUT2D eigenvalue weighted by Crippen LogP contribution is -2.49. The highest BCUT2D eigenvalue weighted by Gasteiger charge is 2.25. The summed E-state index contributed by atoms with van der Waals surface area (Å²) in [5.74, 6) is 1.25. The number of amides is 1. The van der Waals surface area contributed by atoms with E-state index >= 15 is 0 Å². The second-order valence-corrected chi connectivity index (χ2v) is 7.47. The van der Waals surface area contributed by atoms with Crippen LogP contribution in [-0.2, 0) is 7.05 Å². The highest BCUT2D eigenvalue weighted by molar-refractivity contribution is 5.94. The van der Waals surface area contributed by atoms with Crippen molar-refractivity contribution < 1.29 is 9.18 Å². The maximum absolute atomic E-state index is 13.2. The molecule has 0 aliphatic carbocycles. The van der Waals surface area contributed by atoms with Crippen molar-refractivity contribution in [2.45, 2.75) is 0 Å². The van der Waals surface area contributed by atoms with Gasteiger partial charge in [-0.3, -0.25) is 9.48 Å². The minimum atomic E-state index is -0.301. The summed E-state index contributed by atoms with van der Waals surface area (Å²) in [5, 5.41) is 12.9. The van der Waals surface area contributed by atoms with Gasteiger partial charge in [0.05, 0.1) is 5.69 Å². The average Bonchev–Trinajstić information content (AvgIpc) is 3.15. The number of halogens is 1. The number of aromatic nitrogens is 4. The van der Waals surface area contributed by atoms with Crippen LogP contribution >= 0.6 is 0 Å². The largest absolute Gasteiger partial charge is 0.361 e. The monoisotopic (exact) mass is 409 g/mol. The normalized spacial score (nSPS) is 14.1. The molecule has 0 radical (unpaired) electrons. The molecule has 1 aromatic carbocycles. The molecule has 1 aliphatic rings. The molecule has 4 rings (SSSR count). The molecule has 9 heteroatoms. The van der Waals surface area contributed by atoms with Crippen molar-refractivity contribution in [3.8, 4) is 11.3 Å². The third-order valence-corrected chi connectivity index (χ3v) is 5.22. The predicted octanol–water partition coefficient (Wildman–Crippen LogP) is 2.04. The molecule has 0 saturated carbocycles. The summed E-state index contributed by atoms with van der Waals surface area (Å²) < 4.78 is 14.7. The number of carbonyl (C=O) groups excluding carboxylic acids is 1. The first-order chi connectivity index (χ1) is 14.4. The van der Waals surface area contributed by atoms with E-state index in [-0.39, 0.29) is 11.7 Å². The van der Waals surface area contributed by atoms with E-state index < -0.39 is 0 Å². The number of rotatable bonds is 4. The standard InChI is InChI=1S/C21H24FN7O/c1-26(2)19-8-9-20(24-23-19)28-10-12-29(13-11-28)21(30)18-14-17(25-27(18)3)15-4-6-16(22)7-5-15/h4-9,14H,10-13H2,1-3H3. The van der Waals surface area contributed by atoms with E-state index in [1.165, 1.54) is 12.1 Å². The Morgan fingerprint density at radius 3 is 2.30 bits per heavy atom. The van der Waals surface area contributed by atoms with Gasteiger partial charge < -0.3 is 14.7 Å². The lowest BCUT2D eigenvalue weighted by atomic mass is 10.1. The van der Waals surface area contributed by atoms with Gasteiger partial charge in [-0.25, -0.2) is 4.39 Å². The van der Waals surface area contributed by atoms with E-state index in [4.69, 9.17) is 0 Å². The molecule has 0 unspecified atom stereocenters. The molecule has 8 nitrogen and oxygen atoms in total. The Hall–Kier alpha value is -3.49. The van der Waals surface area contributed by atoms with Gasteiger partial charge in [0, 0.05) is 52.9 Å². The van der Waals surface area contributed by atoms with Crippen molar-refractivity contribution in [2.75, 3.05) is 50.1 Å². The Kier molecular flexibility index (Phi) is 5.35. The number of hydrogen-bond donors (Lipinski definition) is 0. The van der Waals surface area contributed by atoms with Gasteiger partial charge in [0.2, 0.25) is 0 Å². The molecule has 156 valence electrons. The van der Waals surface area contributed by atoms with Crippen LogP contribution in [0.1, 0.15) is 10.5 Å². The minimum Gasteiger partial charge on any atom is -0.361 e. The maximum Gasteiger partial charge on any atom is 0.272 e. The third-order valence-electron chi connectivity index (χ3n) is 5.22. The minimum absolute atomic E-state index is 0.0629. The van der Waals surface area contributed by atoms with E-state index in [0.717, 1.165) is 17.2 Å². The molecule has 0 N–H and O–H groups in total. The zero-order valence-corrected chi connectivity index (χ0v) is 17.3. The molecule has 3 aromatic rings. The summed E-state index contributed by atoms with van der Waals surface area (Å²) in [6, 6.07) is 11.7. The third kappa shape index (κ3) is 3.96. The van der Waals surface area contributed by atoms with Crippen LogP contribution in [0.25, 0.3) is 11.3 Å². The maximum atomic E-state index is 13.2. The van der Waals surface area contributed by atoms with Gasteiger partial charge in [-0.05, 0) is 42.5 Å². The number of aryl methyl sites for hydroxylation is 1. The fourth-order valence-electron chi connectivity index (χ4n) is 3.46. The second-order valence-electron chi connectivity index (χ2n) is 7.47. The molecular weight excluding hydrogens is 385 g/mol. The molecule has 1 amide bonds. The highest BCUT2D eigenvalue weighted by atomic mass is 19.1. The smallest absolute Gasteiger partial charge is 0.272 e. The number of piperazine rings is 1. The Labute approximate surface area is 174 Å². The van der Waals surface area contributed by atoms with Gasteiger partial charge >= 0.3 is 0 Å². The van der Waals surface area contributed by atoms with Crippen LogP contribution in [0.2, 0.25) is 0 Å². The Morgan fingerprint density at radius 1 is 1.00 bits per heavy atom. The first-order valence-corrected chi connectivity index (χ1v) is 9.77. The van der Waals surface area contributed by atoms with Gasteiger partial charge in [0.25, 0.3) is 5.91 Å². The Morgan fingerprint density at radius 2 is 1.70 bits per heavy atom. The van der Waals surface area contributed by atoms with Crippen molar-refractivity contribution in [1.29, 1.82) is 0 Å². The van der Waals surface area contributed by atoms with Crippen LogP contribution in [0.4, 0.5) is 16.0 Å². The Bertz CT molecular complexity index is 1020. The summed E-state index contributed by atoms with van der Waals surface area (Å²) in [6.07, 6.45) is 0. The van der Waals surface area contributed by atoms with Crippen LogP contribution in [0.15, 0.2) is 42.5 Å². The summed E-state index contributed by atoms with van der Waals surface area (Å²) in [4.78, 5) is 18.9. The van der Waals surface area contributed by atoms with Crippen molar-refractivity contribution in [1.82, 2.24) is 24.9 Å². The van der Waals surface area contributed by atoms with Crippen molar-refractivity contribution in [3.05, 3.63) is 54.0 Å². The number of carbonyl (C=O) groups is 1. The lowest BCUT2D eigenvalue weighted by Gasteiger charge is -2.35. The SMILES string of the molecule is CN(C)c1ccc(N2CCN(C(=O)c3cc(-c4ccc(F)cc4)nn3C)CC2)nn1. The summed E-state index contributed by atoms with van der Waals surface area (Å²) in [7, 11) is 5.60. The van der Waals surface area contributed by atoms with Crippen LogP contribution < -0.4 is 9.80 Å². The predicted molar refractivity (Wildman–Crippen MR) is 113 cm³/mol. The molecule has 3 heterocycles. The number of hydrogen-bond acceptors (Lipinski definition) is 6.